The first-order valence-electron chi connectivity index (χ1n) is 7.18. The van der Waals surface area contributed by atoms with E-state index >= 15 is 0 Å². The first-order chi connectivity index (χ1) is 9.58. The Bertz CT molecular complexity index is 445. The zero-order chi connectivity index (χ0) is 14.5. The van der Waals surface area contributed by atoms with Crippen LogP contribution in [0.5, 0.6) is 0 Å². The molecule has 6 nitrogen and oxygen atoms in total. The number of aliphatic hydroxyl groups is 1. The highest BCUT2D eigenvalue weighted by molar-refractivity contribution is 5.90. The SMILES string of the molecule is CC(C)c1cc(NC(=O)CN2CCCC(CO)C2)on1. The summed E-state index contributed by atoms with van der Waals surface area (Å²) in [4.78, 5) is 14.0. The number of carbonyl (C=O) groups is 1. The summed E-state index contributed by atoms with van der Waals surface area (Å²) in [6.07, 6.45) is 2.06. The molecule has 1 fully saturated rings. The number of nitrogens with zero attached hydrogens (tertiary/aromatic N) is 2. The number of amides is 1. The average molecular weight is 281 g/mol. The van der Waals surface area contributed by atoms with E-state index in [0.29, 0.717) is 12.4 Å². The number of likely N-dealkylation sites (tertiary alicyclic amines) is 1. The van der Waals surface area contributed by atoms with Gasteiger partial charge in [-0.05, 0) is 31.2 Å². The summed E-state index contributed by atoms with van der Waals surface area (Å²) in [5.74, 6) is 0.857. The van der Waals surface area contributed by atoms with E-state index in [1.807, 2.05) is 13.8 Å². The maximum Gasteiger partial charge on any atom is 0.240 e. The molecule has 0 bridgehead atoms. The number of piperidine rings is 1. The Morgan fingerprint density at radius 1 is 1.65 bits per heavy atom. The van der Waals surface area contributed by atoms with Crippen LogP contribution in [0.4, 0.5) is 5.88 Å². The number of hydrogen-bond donors (Lipinski definition) is 2. The zero-order valence-corrected chi connectivity index (χ0v) is 12.1. The van der Waals surface area contributed by atoms with E-state index < -0.39 is 0 Å². The second-order valence-electron chi connectivity index (χ2n) is 5.74. The van der Waals surface area contributed by atoms with Gasteiger partial charge in [-0.25, -0.2) is 0 Å². The molecule has 2 N–H and O–H groups in total. The van der Waals surface area contributed by atoms with Crippen LogP contribution in [0.25, 0.3) is 0 Å². The predicted octanol–water partition coefficient (Wildman–Crippen LogP) is 1.44. The lowest BCUT2D eigenvalue weighted by Gasteiger charge is -2.30. The molecule has 0 aromatic carbocycles. The molecule has 2 heterocycles. The van der Waals surface area contributed by atoms with Crippen LogP contribution in [0, 0.1) is 5.92 Å². The first kappa shape index (κ1) is 15.0. The molecule has 1 aromatic rings. The summed E-state index contributed by atoms with van der Waals surface area (Å²) in [6.45, 7) is 6.24. The van der Waals surface area contributed by atoms with Crippen molar-refractivity contribution in [2.45, 2.75) is 32.6 Å². The number of anilines is 1. The molecule has 0 aliphatic carbocycles. The molecular formula is C14H23N3O3. The van der Waals surface area contributed by atoms with Crippen molar-refractivity contribution in [3.05, 3.63) is 11.8 Å². The third-order valence-electron chi connectivity index (χ3n) is 3.61. The van der Waals surface area contributed by atoms with Gasteiger partial charge in [0.2, 0.25) is 11.8 Å². The smallest absolute Gasteiger partial charge is 0.240 e. The van der Waals surface area contributed by atoms with Crippen LogP contribution in [-0.4, -0.2) is 47.3 Å². The molecule has 1 saturated heterocycles. The lowest BCUT2D eigenvalue weighted by molar-refractivity contribution is -0.117. The maximum atomic E-state index is 12.0. The summed E-state index contributed by atoms with van der Waals surface area (Å²) < 4.78 is 5.09. The third-order valence-corrected chi connectivity index (χ3v) is 3.61. The van der Waals surface area contributed by atoms with Crippen molar-refractivity contribution < 1.29 is 14.4 Å². The van der Waals surface area contributed by atoms with Gasteiger partial charge < -0.3 is 9.63 Å². The monoisotopic (exact) mass is 281 g/mol. The second-order valence-corrected chi connectivity index (χ2v) is 5.74. The number of hydrogen-bond acceptors (Lipinski definition) is 5. The van der Waals surface area contributed by atoms with Crippen LogP contribution in [0.1, 0.15) is 38.3 Å². The minimum atomic E-state index is -0.102. The van der Waals surface area contributed by atoms with Gasteiger partial charge in [-0.2, -0.15) is 0 Å². The number of rotatable bonds is 5. The van der Waals surface area contributed by atoms with Gasteiger partial charge in [0, 0.05) is 19.2 Å². The van der Waals surface area contributed by atoms with Gasteiger partial charge in [-0.1, -0.05) is 19.0 Å². The quantitative estimate of drug-likeness (QED) is 0.854. The van der Waals surface area contributed by atoms with Crippen LogP contribution < -0.4 is 5.32 Å². The number of aliphatic hydroxyl groups excluding tert-OH is 1. The van der Waals surface area contributed by atoms with E-state index in [0.717, 1.165) is 31.6 Å². The number of nitrogens with one attached hydrogen (secondary N) is 1. The van der Waals surface area contributed by atoms with Gasteiger partial charge in [-0.15, -0.1) is 0 Å². The standard InChI is InChI=1S/C14H23N3O3/c1-10(2)12-6-14(20-16-12)15-13(19)8-17-5-3-4-11(7-17)9-18/h6,10-11,18H,3-5,7-9H2,1-2H3,(H,15,19). The fourth-order valence-corrected chi connectivity index (χ4v) is 2.44. The molecule has 1 atom stereocenters. The first-order valence-corrected chi connectivity index (χ1v) is 7.18. The van der Waals surface area contributed by atoms with E-state index in [9.17, 15) is 9.90 Å². The summed E-state index contributed by atoms with van der Waals surface area (Å²) in [7, 11) is 0. The molecule has 0 radical (unpaired) electrons. The van der Waals surface area contributed by atoms with Gasteiger partial charge in [-0.3, -0.25) is 15.0 Å². The second kappa shape index (κ2) is 6.85. The fraction of sp³-hybridized carbons (Fsp3) is 0.714. The molecule has 1 amide bonds. The topological polar surface area (TPSA) is 78.6 Å². The Morgan fingerprint density at radius 3 is 3.10 bits per heavy atom. The fourth-order valence-electron chi connectivity index (χ4n) is 2.44. The number of aromatic nitrogens is 1. The minimum Gasteiger partial charge on any atom is -0.396 e. The van der Waals surface area contributed by atoms with Gasteiger partial charge in [0.1, 0.15) is 0 Å². The molecule has 1 aliphatic rings. The Kier molecular flexibility index (Phi) is 5.14. The molecule has 0 spiro atoms. The van der Waals surface area contributed by atoms with Crippen molar-refractivity contribution in [2.24, 2.45) is 5.92 Å². The normalized spacial score (nSPS) is 20.3. The van der Waals surface area contributed by atoms with Gasteiger partial charge in [0.15, 0.2) is 0 Å². The lowest BCUT2D eigenvalue weighted by atomic mass is 9.99. The third kappa shape index (κ3) is 4.05. The lowest BCUT2D eigenvalue weighted by Crippen LogP contribution is -2.41. The predicted molar refractivity (Wildman–Crippen MR) is 75.5 cm³/mol. The van der Waals surface area contributed by atoms with Crippen LogP contribution in [0.2, 0.25) is 0 Å². The Morgan fingerprint density at radius 2 is 2.45 bits per heavy atom. The molecule has 0 saturated carbocycles. The van der Waals surface area contributed by atoms with Crippen molar-refractivity contribution in [3.8, 4) is 0 Å². The van der Waals surface area contributed by atoms with Crippen LogP contribution in [0.3, 0.4) is 0 Å². The van der Waals surface area contributed by atoms with E-state index in [4.69, 9.17) is 4.52 Å². The Balaban J connectivity index is 1.82. The molecular weight excluding hydrogens is 258 g/mol. The van der Waals surface area contributed by atoms with Crippen LogP contribution in [0.15, 0.2) is 10.6 Å². The molecule has 1 unspecified atom stereocenters. The highest BCUT2D eigenvalue weighted by Crippen LogP contribution is 2.18. The van der Waals surface area contributed by atoms with Gasteiger partial charge >= 0.3 is 0 Å². The molecule has 1 aliphatic heterocycles. The summed E-state index contributed by atoms with van der Waals surface area (Å²) >= 11 is 0. The van der Waals surface area contributed by atoms with Gasteiger partial charge in [0.05, 0.1) is 12.2 Å². The summed E-state index contributed by atoms with van der Waals surface area (Å²) in [5, 5.41) is 15.8. The number of carbonyl (C=O) groups excluding carboxylic acids is 1. The van der Waals surface area contributed by atoms with Crippen molar-refractivity contribution in [2.75, 3.05) is 31.6 Å². The molecule has 2 rings (SSSR count). The summed E-state index contributed by atoms with van der Waals surface area (Å²) in [5.41, 5.74) is 0.832. The maximum absolute atomic E-state index is 12.0. The zero-order valence-electron chi connectivity index (χ0n) is 12.1. The van der Waals surface area contributed by atoms with Crippen LogP contribution in [-0.2, 0) is 4.79 Å². The summed E-state index contributed by atoms with van der Waals surface area (Å²) in [6, 6.07) is 1.76. The van der Waals surface area contributed by atoms with E-state index in [2.05, 4.69) is 15.4 Å². The molecule has 112 valence electrons. The Labute approximate surface area is 119 Å². The van der Waals surface area contributed by atoms with E-state index in [1.54, 1.807) is 6.07 Å². The molecule has 20 heavy (non-hydrogen) atoms. The van der Waals surface area contributed by atoms with E-state index in [-0.39, 0.29) is 24.3 Å². The largest absolute Gasteiger partial charge is 0.396 e. The van der Waals surface area contributed by atoms with Crippen molar-refractivity contribution >= 4 is 11.8 Å². The van der Waals surface area contributed by atoms with Gasteiger partial charge in [0.25, 0.3) is 0 Å². The highest BCUT2D eigenvalue weighted by atomic mass is 16.5. The highest BCUT2D eigenvalue weighted by Gasteiger charge is 2.21. The minimum absolute atomic E-state index is 0.102. The Hall–Kier alpha value is -1.40. The van der Waals surface area contributed by atoms with Crippen LogP contribution >= 0.6 is 0 Å². The van der Waals surface area contributed by atoms with E-state index in [1.165, 1.54) is 0 Å². The molecule has 6 heteroatoms. The van der Waals surface area contributed by atoms with Crippen molar-refractivity contribution in [1.82, 2.24) is 10.1 Å². The average Bonchev–Trinajstić information content (AvgIpc) is 2.87. The van der Waals surface area contributed by atoms with Crippen molar-refractivity contribution in [3.63, 3.8) is 0 Å². The van der Waals surface area contributed by atoms with Crippen molar-refractivity contribution in [1.29, 1.82) is 0 Å². The molecule has 1 aromatic heterocycles.